The lowest BCUT2D eigenvalue weighted by Crippen LogP contribution is -2.14. The van der Waals surface area contributed by atoms with Gasteiger partial charge in [0.25, 0.3) is 5.91 Å². The number of anilines is 1. The molecule has 2 heterocycles. The number of amides is 1. The van der Waals surface area contributed by atoms with Gasteiger partial charge in [0, 0.05) is 28.3 Å². The number of fused-ring (bicyclic) bond motifs is 1. The Bertz CT molecular complexity index is 902. The van der Waals surface area contributed by atoms with E-state index >= 15 is 0 Å². The monoisotopic (exact) mass is 362 g/mol. The minimum atomic E-state index is 0.0238. The van der Waals surface area contributed by atoms with E-state index in [4.69, 9.17) is 0 Å². The summed E-state index contributed by atoms with van der Waals surface area (Å²) in [5.41, 5.74) is 5.52. The molecule has 4 heteroatoms. The Morgan fingerprint density at radius 2 is 1.85 bits per heavy atom. The molecule has 1 N–H and O–H groups in total. The van der Waals surface area contributed by atoms with Gasteiger partial charge in [-0.2, -0.15) is 0 Å². The molecule has 26 heavy (non-hydrogen) atoms. The van der Waals surface area contributed by atoms with E-state index in [2.05, 4.69) is 22.4 Å². The van der Waals surface area contributed by atoms with E-state index in [1.807, 2.05) is 42.0 Å². The number of aromatic nitrogens is 1. The molecule has 2 aromatic heterocycles. The lowest BCUT2D eigenvalue weighted by Gasteiger charge is -2.13. The summed E-state index contributed by atoms with van der Waals surface area (Å²) in [5, 5.41) is 5.12. The van der Waals surface area contributed by atoms with E-state index in [0.717, 1.165) is 36.9 Å². The van der Waals surface area contributed by atoms with Crippen molar-refractivity contribution < 1.29 is 4.79 Å². The van der Waals surface area contributed by atoms with E-state index in [1.165, 1.54) is 34.4 Å². The molecule has 0 bridgehead atoms. The molecular weight excluding hydrogens is 340 g/mol. The fourth-order valence-corrected chi connectivity index (χ4v) is 4.65. The van der Waals surface area contributed by atoms with Gasteiger partial charge in [-0.25, -0.2) is 0 Å². The van der Waals surface area contributed by atoms with Crippen LogP contribution in [0, 0.1) is 0 Å². The molecule has 132 valence electrons. The Kier molecular flexibility index (Phi) is 5.12. The van der Waals surface area contributed by atoms with Crippen LogP contribution in [0.5, 0.6) is 0 Å². The first-order valence-electron chi connectivity index (χ1n) is 9.18. The van der Waals surface area contributed by atoms with Crippen molar-refractivity contribution in [2.75, 3.05) is 5.32 Å². The van der Waals surface area contributed by atoms with Gasteiger partial charge in [-0.15, -0.1) is 11.3 Å². The summed E-state index contributed by atoms with van der Waals surface area (Å²) < 4.78 is 0. The van der Waals surface area contributed by atoms with Crippen molar-refractivity contribution in [2.24, 2.45) is 0 Å². The standard InChI is InChI=1S/C22H22N2OS/c25-22(20-15-26-21-7-2-1-6-19(20)21)24-18-5-3-4-17(14-18)9-8-16-10-12-23-13-11-16/h3-5,10-15H,1-2,6-9H2,(H,24,25). The largest absolute Gasteiger partial charge is 0.322 e. The highest BCUT2D eigenvalue weighted by Crippen LogP contribution is 2.30. The number of carbonyl (C=O) groups is 1. The normalized spacial score (nSPS) is 13.2. The fourth-order valence-electron chi connectivity index (χ4n) is 3.53. The quantitative estimate of drug-likeness (QED) is 0.689. The lowest BCUT2D eigenvalue weighted by atomic mass is 9.95. The third-order valence-electron chi connectivity index (χ3n) is 4.94. The average molecular weight is 362 g/mol. The summed E-state index contributed by atoms with van der Waals surface area (Å²) in [6.07, 6.45) is 10.2. The van der Waals surface area contributed by atoms with Crippen LogP contribution in [0.2, 0.25) is 0 Å². The van der Waals surface area contributed by atoms with Crippen LogP contribution in [0.25, 0.3) is 0 Å². The fraction of sp³-hybridized carbons (Fsp3) is 0.273. The number of hydrogen-bond donors (Lipinski definition) is 1. The Balaban J connectivity index is 1.43. The molecule has 4 rings (SSSR count). The van der Waals surface area contributed by atoms with Crippen molar-refractivity contribution in [3.05, 3.63) is 81.3 Å². The zero-order valence-corrected chi connectivity index (χ0v) is 15.5. The topological polar surface area (TPSA) is 42.0 Å². The first kappa shape index (κ1) is 17.0. The number of pyridine rings is 1. The highest BCUT2D eigenvalue weighted by Gasteiger charge is 2.20. The highest BCUT2D eigenvalue weighted by molar-refractivity contribution is 7.10. The predicted molar refractivity (Wildman–Crippen MR) is 107 cm³/mol. The summed E-state index contributed by atoms with van der Waals surface area (Å²) in [4.78, 5) is 18.2. The Labute approximate surface area is 158 Å². The SMILES string of the molecule is O=C(Nc1cccc(CCc2ccncc2)c1)c1csc2c1CCCC2. The molecule has 1 aliphatic carbocycles. The van der Waals surface area contributed by atoms with Gasteiger partial charge in [0.15, 0.2) is 0 Å². The van der Waals surface area contributed by atoms with Gasteiger partial charge in [0.1, 0.15) is 0 Å². The number of nitrogens with zero attached hydrogens (tertiary/aromatic N) is 1. The van der Waals surface area contributed by atoms with Gasteiger partial charge in [-0.1, -0.05) is 12.1 Å². The van der Waals surface area contributed by atoms with E-state index in [0.29, 0.717) is 0 Å². The predicted octanol–water partition coefficient (Wildman–Crippen LogP) is 5.06. The lowest BCUT2D eigenvalue weighted by molar-refractivity contribution is 0.102. The number of hydrogen-bond acceptors (Lipinski definition) is 3. The molecule has 3 nitrogen and oxygen atoms in total. The Morgan fingerprint density at radius 3 is 2.73 bits per heavy atom. The van der Waals surface area contributed by atoms with Crippen molar-refractivity contribution >= 4 is 22.9 Å². The third-order valence-corrected chi connectivity index (χ3v) is 6.03. The van der Waals surface area contributed by atoms with E-state index in [1.54, 1.807) is 11.3 Å². The molecule has 0 spiro atoms. The Morgan fingerprint density at radius 1 is 1.04 bits per heavy atom. The maximum atomic E-state index is 12.7. The van der Waals surface area contributed by atoms with Crippen molar-refractivity contribution in [1.82, 2.24) is 4.98 Å². The summed E-state index contributed by atoms with van der Waals surface area (Å²) in [6, 6.07) is 12.3. The van der Waals surface area contributed by atoms with Crippen LogP contribution in [0.15, 0.2) is 54.2 Å². The van der Waals surface area contributed by atoms with Gasteiger partial charge in [-0.05, 0) is 79.5 Å². The van der Waals surface area contributed by atoms with Crippen LogP contribution in [-0.4, -0.2) is 10.9 Å². The number of nitrogens with one attached hydrogen (secondary N) is 1. The Hall–Kier alpha value is -2.46. The molecule has 0 aliphatic heterocycles. The molecule has 0 atom stereocenters. The van der Waals surface area contributed by atoms with Crippen LogP contribution >= 0.6 is 11.3 Å². The molecule has 3 aromatic rings. The minimum Gasteiger partial charge on any atom is -0.322 e. The summed E-state index contributed by atoms with van der Waals surface area (Å²) in [7, 11) is 0. The first-order valence-corrected chi connectivity index (χ1v) is 10.1. The van der Waals surface area contributed by atoms with Crippen LogP contribution in [-0.2, 0) is 25.7 Å². The van der Waals surface area contributed by atoms with Crippen molar-refractivity contribution in [2.45, 2.75) is 38.5 Å². The first-order chi connectivity index (χ1) is 12.8. The third kappa shape index (κ3) is 3.86. The molecular formula is C22H22N2OS. The number of carbonyl (C=O) groups excluding carboxylic acids is 1. The maximum Gasteiger partial charge on any atom is 0.256 e. The van der Waals surface area contributed by atoms with Crippen molar-refractivity contribution in [3.63, 3.8) is 0 Å². The zero-order chi connectivity index (χ0) is 17.8. The summed E-state index contributed by atoms with van der Waals surface area (Å²) in [5.74, 6) is 0.0238. The molecule has 0 saturated heterocycles. The summed E-state index contributed by atoms with van der Waals surface area (Å²) in [6.45, 7) is 0. The second-order valence-corrected chi connectivity index (χ2v) is 7.73. The van der Waals surface area contributed by atoms with Crippen LogP contribution in [0.4, 0.5) is 5.69 Å². The van der Waals surface area contributed by atoms with Gasteiger partial charge >= 0.3 is 0 Å². The second-order valence-electron chi connectivity index (χ2n) is 6.77. The van der Waals surface area contributed by atoms with Crippen molar-refractivity contribution in [3.8, 4) is 0 Å². The molecule has 1 amide bonds. The minimum absolute atomic E-state index is 0.0238. The van der Waals surface area contributed by atoms with E-state index in [-0.39, 0.29) is 5.91 Å². The van der Waals surface area contributed by atoms with Crippen LogP contribution in [0.3, 0.4) is 0 Å². The van der Waals surface area contributed by atoms with Crippen molar-refractivity contribution in [1.29, 1.82) is 0 Å². The summed E-state index contributed by atoms with van der Waals surface area (Å²) >= 11 is 1.73. The van der Waals surface area contributed by atoms with Crippen LogP contribution in [0.1, 0.15) is 44.8 Å². The van der Waals surface area contributed by atoms with Crippen LogP contribution < -0.4 is 5.32 Å². The molecule has 0 radical (unpaired) electrons. The molecule has 0 saturated carbocycles. The van der Waals surface area contributed by atoms with Gasteiger partial charge < -0.3 is 5.32 Å². The number of thiophene rings is 1. The molecule has 0 unspecified atom stereocenters. The maximum absolute atomic E-state index is 12.7. The molecule has 1 aromatic carbocycles. The second kappa shape index (κ2) is 7.83. The van der Waals surface area contributed by atoms with Gasteiger partial charge in [0.2, 0.25) is 0 Å². The molecule has 1 aliphatic rings. The van der Waals surface area contributed by atoms with E-state index < -0.39 is 0 Å². The highest BCUT2D eigenvalue weighted by atomic mass is 32.1. The zero-order valence-electron chi connectivity index (χ0n) is 14.7. The number of aryl methyl sites for hydroxylation is 3. The van der Waals surface area contributed by atoms with E-state index in [9.17, 15) is 4.79 Å². The smallest absolute Gasteiger partial charge is 0.256 e. The molecule has 0 fully saturated rings. The van der Waals surface area contributed by atoms with Gasteiger partial charge in [-0.3, -0.25) is 9.78 Å². The number of rotatable bonds is 5. The van der Waals surface area contributed by atoms with Gasteiger partial charge in [0.05, 0.1) is 5.56 Å². The number of benzene rings is 1. The average Bonchev–Trinajstić information content (AvgIpc) is 3.12.